The highest BCUT2D eigenvalue weighted by atomic mass is 19.4. The molecule has 0 fully saturated rings. The predicted molar refractivity (Wildman–Crippen MR) is 87.1 cm³/mol. The lowest BCUT2D eigenvalue weighted by molar-refractivity contribution is -0.137. The topological polar surface area (TPSA) is 90.2 Å². The first-order chi connectivity index (χ1) is 12.2. The van der Waals surface area contributed by atoms with E-state index in [4.69, 9.17) is 10.4 Å². The monoisotopic (exact) mass is 360 g/mol. The molecule has 0 heterocycles. The van der Waals surface area contributed by atoms with Crippen molar-refractivity contribution in [1.29, 1.82) is 5.26 Å². The number of hydrogen-bond donors (Lipinski definition) is 2. The molecule has 0 bridgehead atoms. The highest BCUT2D eigenvalue weighted by molar-refractivity contribution is 6.09. The SMILES string of the molecule is N#C/C(=C/c1ccc(C(F)(F)F)cc1)C(=O)Nc1ccc(C(=O)O)cc1. The zero-order chi connectivity index (χ0) is 19.3. The van der Waals surface area contributed by atoms with E-state index in [0.29, 0.717) is 0 Å². The van der Waals surface area contributed by atoms with E-state index in [1.807, 2.05) is 0 Å². The number of anilines is 1. The third kappa shape index (κ3) is 4.70. The molecule has 8 heteroatoms. The fourth-order valence-electron chi connectivity index (χ4n) is 1.98. The lowest BCUT2D eigenvalue weighted by Gasteiger charge is -2.07. The van der Waals surface area contributed by atoms with Crippen LogP contribution in [0, 0.1) is 11.3 Å². The lowest BCUT2D eigenvalue weighted by atomic mass is 10.1. The molecule has 0 saturated heterocycles. The van der Waals surface area contributed by atoms with Gasteiger partial charge in [-0.2, -0.15) is 18.4 Å². The first kappa shape index (κ1) is 18.7. The number of halogens is 3. The summed E-state index contributed by atoms with van der Waals surface area (Å²) < 4.78 is 37.6. The molecule has 5 nitrogen and oxygen atoms in total. The van der Waals surface area contributed by atoms with Crippen molar-refractivity contribution in [2.24, 2.45) is 0 Å². The number of carbonyl (C=O) groups is 2. The standard InChI is InChI=1S/C18H11F3N2O3/c19-18(20,21)14-5-1-11(2-6-14)9-13(10-22)16(24)23-15-7-3-12(4-8-15)17(25)26/h1-9H,(H,23,24)(H,25,26)/b13-9-. The summed E-state index contributed by atoms with van der Waals surface area (Å²) in [5, 5.41) is 20.3. The fraction of sp³-hybridized carbons (Fsp3) is 0.0556. The van der Waals surface area contributed by atoms with E-state index < -0.39 is 23.6 Å². The van der Waals surface area contributed by atoms with Crippen molar-refractivity contribution in [2.45, 2.75) is 6.18 Å². The summed E-state index contributed by atoms with van der Waals surface area (Å²) in [5.41, 5.74) is -0.591. The van der Waals surface area contributed by atoms with Crippen molar-refractivity contribution < 1.29 is 27.9 Å². The van der Waals surface area contributed by atoms with E-state index in [1.165, 1.54) is 24.3 Å². The van der Waals surface area contributed by atoms with Crippen LogP contribution in [0.3, 0.4) is 0 Å². The van der Waals surface area contributed by atoms with Crippen LogP contribution in [0.25, 0.3) is 6.08 Å². The van der Waals surface area contributed by atoms with Crippen LogP contribution in [0.15, 0.2) is 54.1 Å². The summed E-state index contributed by atoms with van der Waals surface area (Å²) in [6.45, 7) is 0. The minimum atomic E-state index is -4.47. The molecule has 0 aliphatic rings. The maximum atomic E-state index is 12.5. The van der Waals surface area contributed by atoms with E-state index in [1.54, 1.807) is 6.07 Å². The smallest absolute Gasteiger partial charge is 0.416 e. The number of nitrogens with one attached hydrogen (secondary N) is 1. The van der Waals surface area contributed by atoms with Gasteiger partial charge in [-0.05, 0) is 48.0 Å². The minimum absolute atomic E-state index is 0.0313. The quantitative estimate of drug-likeness (QED) is 0.638. The number of amides is 1. The van der Waals surface area contributed by atoms with E-state index in [0.717, 1.165) is 30.3 Å². The molecular weight excluding hydrogens is 349 g/mol. The molecule has 0 aromatic heterocycles. The first-order valence-corrected chi connectivity index (χ1v) is 7.14. The molecular formula is C18H11F3N2O3. The zero-order valence-electron chi connectivity index (χ0n) is 13.0. The van der Waals surface area contributed by atoms with E-state index >= 15 is 0 Å². The number of rotatable bonds is 4. The first-order valence-electron chi connectivity index (χ1n) is 7.14. The van der Waals surface area contributed by atoms with Crippen LogP contribution in [0.5, 0.6) is 0 Å². The lowest BCUT2D eigenvalue weighted by Crippen LogP contribution is -2.13. The van der Waals surface area contributed by atoms with Crippen LogP contribution in [-0.2, 0) is 11.0 Å². The average molecular weight is 360 g/mol. The number of benzene rings is 2. The van der Waals surface area contributed by atoms with Crippen molar-refractivity contribution in [2.75, 3.05) is 5.32 Å². The molecule has 1 amide bonds. The van der Waals surface area contributed by atoms with Gasteiger partial charge in [0.25, 0.3) is 5.91 Å². The van der Waals surface area contributed by atoms with Gasteiger partial charge in [0.15, 0.2) is 0 Å². The van der Waals surface area contributed by atoms with Gasteiger partial charge < -0.3 is 10.4 Å². The van der Waals surface area contributed by atoms with Crippen LogP contribution in [-0.4, -0.2) is 17.0 Å². The Kier molecular flexibility index (Phi) is 5.42. The summed E-state index contributed by atoms with van der Waals surface area (Å²) in [4.78, 5) is 22.9. The number of aromatic carboxylic acids is 1. The number of carboxylic acids is 1. The maximum absolute atomic E-state index is 12.5. The van der Waals surface area contributed by atoms with Crippen LogP contribution < -0.4 is 5.32 Å². The molecule has 2 aromatic rings. The van der Waals surface area contributed by atoms with Gasteiger partial charge in [0.1, 0.15) is 11.6 Å². The molecule has 0 saturated carbocycles. The van der Waals surface area contributed by atoms with E-state index in [9.17, 15) is 22.8 Å². The van der Waals surface area contributed by atoms with Gasteiger partial charge in [-0.15, -0.1) is 0 Å². The Bertz CT molecular complexity index is 893. The molecule has 0 aliphatic carbocycles. The van der Waals surface area contributed by atoms with Crippen molar-refractivity contribution in [3.8, 4) is 6.07 Å². The van der Waals surface area contributed by atoms with Crippen molar-refractivity contribution >= 4 is 23.6 Å². The zero-order valence-corrected chi connectivity index (χ0v) is 13.0. The third-order valence-corrected chi connectivity index (χ3v) is 3.30. The van der Waals surface area contributed by atoms with Crippen molar-refractivity contribution in [1.82, 2.24) is 0 Å². The van der Waals surface area contributed by atoms with Gasteiger partial charge in [-0.3, -0.25) is 4.79 Å². The van der Waals surface area contributed by atoms with Crippen LogP contribution in [0.2, 0.25) is 0 Å². The third-order valence-electron chi connectivity index (χ3n) is 3.30. The summed E-state index contributed by atoms with van der Waals surface area (Å²) in [5.74, 6) is -1.89. The Morgan fingerprint density at radius 2 is 1.62 bits per heavy atom. The van der Waals surface area contributed by atoms with Crippen LogP contribution >= 0.6 is 0 Å². The van der Waals surface area contributed by atoms with Crippen LogP contribution in [0.4, 0.5) is 18.9 Å². The van der Waals surface area contributed by atoms with Crippen molar-refractivity contribution in [3.63, 3.8) is 0 Å². The molecule has 2 rings (SSSR count). The number of hydrogen-bond acceptors (Lipinski definition) is 3. The molecule has 0 unspecified atom stereocenters. The van der Waals surface area contributed by atoms with E-state index in [2.05, 4.69) is 5.32 Å². The highest BCUT2D eigenvalue weighted by Crippen LogP contribution is 2.29. The molecule has 2 aromatic carbocycles. The Balaban J connectivity index is 2.16. The number of carboxylic acid groups (broad SMARTS) is 1. The average Bonchev–Trinajstić information content (AvgIpc) is 2.59. The highest BCUT2D eigenvalue weighted by Gasteiger charge is 2.29. The second-order valence-corrected chi connectivity index (χ2v) is 5.13. The number of carbonyl (C=O) groups excluding carboxylic acids is 1. The number of alkyl halides is 3. The van der Waals surface area contributed by atoms with Gasteiger partial charge in [-0.1, -0.05) is 12.1 Å². The molecule has 0 aliphatic heterocycles. The largest absolute Gasteiger partial charge is 0.478 e. The molecule has 26 heavy (non-hydrogen) atoms. The van der Waals surface area contributed by atoms with Crippen molar-refractivity contribution in [3.05, 3.63) is 70.8 Å². The minimum Gasteiger partial charge on any atom is -0.478 e. The molecule has 0 atom stereocenters. The normalized spacial score (nSPS) is 11.5. The van der Waals surface area contributed by atoms with Gasteiger partial charge >= 0.3 is 12.1 Å². The van der Waals surface area contributed by atoms with Gasteiger partial charge in [0.2, 0.25) is 0 Å². The Morgan fingerprint density at radius 1 is 1.04 bits per heavy atom. The van der Waals surface area contributed by atoms with Gasteiger partial charge in [-0.25, -0.2) is 4.79 Å². The summed E-state index contributed by atoms with van der Waals surface area (Å²) >= 11 is 0. The number of nitrogens with zero attached hydrogens (tertiary/aromatic N) is 1. The number of nitriles is 1. The van der Waals surface area contributed by atoms with Gasteiger partial charge in [0.05, 0.1) is 11.1 Å². The van der Waals surface area contributed by atoms with E-state index in [-0.39, 0.29) is 22.4 Å². The van der Waals surface area contributed by atoms with Crippen LogP contribution in [0.1, 0.15) is 21.5 Å². The summed E-state index contributed by atoms with van der Waals surface area (Å²) in [6.07, 6.45) is -3.32. The summed E-state index contributed by atoms with van der Waals surface area (Å²) in [6, 6.07) is 10.9. The fourth-order valence-corrected chi connectivity index (χ4v) is 1.98. The Hall–Kier alpha value is -3.60. The molecule has 2 N–H and O–H groups in total. The Morgan fingerprint density at radius 3 is 2.08 bits per heavy atom. The second kappa shape index (κ2) is 7.53. The Labute approximate surface area is 146 Å². The molecule has 0 spiro atoms. The molecule has 132 valence electrons. The maximum Gasteiger partial charge on any atom is 0.416 e. The molecule has 0 radical (unpaired) electrons. The predicted octanol–water partition coefficient (Wildman–Crippen LogP) is 3.95. The second-order valence-electron chi connectivity index (χ2n) is 5.13. The summed E-state index contributed by atoms with van der Waals surface area (Å²) in [7, 11) is 0. The van der Waals surface area contributed by atoms with Gasteiger partial charge in [0, 0.05) is 5.69 Å².